The van der Waals surface area contributed by atoms with E-state index < -0.39 is 0 Å². The van der Waals surface area contributed by atoms with Crippen molar-refractivity contribution in [3.05, 3.63) is 34.7 Å². The Morgan fingerprint density at radius 2 is 2.30 bits per heavy atom. The summed E-state index contributed by atoms with van der Waals surface area (Å²) in [5, 5.41) is 8.97. The minimum atomic E-state index is -0.377. The van der Waals surface area contributed by atoms with E-state index in [4.69, 9.17) is 5.26 Å². The van der Waals surface area contributed by atoms with E-state index in [1.165, 1.54) is 0 Å². The molecule has 1 saturated heterocycles. The molecule has 0 aromatic carbocycles. The van der Waals surface area contributed by atoms with E-state index in [-0.39, 0.29) is 11.3 Å². The van der Waals surface area contributed by atoms with Crippen molar-refractivity contribution >= 4 is 27.5 Å². The monoisotopic (exact) mass is 332 g/mol. The van der Waals surface area contributed by atoms with Crippen LogP contribution in [0.15, 0.2) is 29.0 Å². The molecule has 1 aliphatic rings. The van der Waals surface area contributed by atoms with Crippen molar-refractivity contribution in [2.75, 3.05) is 13.1 Å². The third-order valence-electron chi connectivity index (χ3n) is 3.58. The average molecular weight is 333 g/mol. The summed E-state index contributed by atoms with van der Waals surface area (Å²) in [5.41, 5.74) is 1.30. The van der Waals surface area contributed by atoms with Gasteiger partial charge in [0.15, 0.2) is 0 Å². The Balaban J connectivity index is 1.76. The smallest absolute Gasteiger partial charge is 0.228 e. The molecule has 6 heteroatoms. The van der Waals surface area contributed by atoms with Gasteiger partial charge in [-0.2, -0.15) is 5.26 Å². The van der Waals surface area contributed by atoms with Gasteiger partial charge in [-0.15, -0.1) is 0 Å². The Hall–Kier alpha value is -1.87. The van der Waals surface area contributed by atoms with Gasteiger partial charge in [0.25, 0.3) is 0 Å². The highest BCUT2D eigenvalue weighted by Gasteiger charge is 2.41. The molecule has 3 heterocycles. The third kappa shape index (κ3) is 2.18. The highest BCUT2D eigenvalue weighted by atomic mass is 79.9. The number of rotatable bonds is 2. The second-order valence-electron chi connectivity index (χ2n) is 5.42. The molecule has 0 bridgehead atoms. The molecule has 1 amide bonds. The Morgan fingerprint density at radius 1 is 1.55 bits per heavy atom. The molecule has 0 unspecified atom stereocenters. The van der Waals surface area contributed by atoms with E-state index in [0.717, 1.165) is 15.8 Å². The molecule has 2 aromatic rings. The van der Waals surface area contributed by atoms with Crippen LogP contribution >= 0.6 is 15.9 Å². The van der Waals surface area contributed by atoms with Crippen molar-refractivity contribution in [1.29, 1.82) is 5.26 Å². The molecule has 0 N–H and O–H groups in total. The van der Waals surface area contributed by atoms with Gasteiger partial charge in [-0.25, -0.2) is 4.98 Å². The van der Waals surface area contributed by atoms with Crippen LogP contribution in [0.25, 0.3) is 5.65 Å². The minimum Gasteiger partial charge on any atom is -0.339 e. The lowest BCUT2D eigenvalue weighted by Crippen LogP contribution is -2.56. The van der Waals surface area contributed by atoms with Crippen molar-refractivity contribution in [1.82, 2.24) is 14.3 Å². The fourth-order valence-corrected chi connectivity index (χ4v) is 2.78. The highest BCUT2D eigenvalue weighted by Crippen LogP contribution is 2.29. The van der Waals surface area contributed by atoms with Crippen LogP contribution in [0, 0.1) is 16.7 Å². The molecule has 3 rings (SSSR count). The van der Waals surface area contributed by atoms with Crippen LogP contribution in [-0.4, -0.2) is 33.3 Å². The Kier molecular flexibility index (Phi) is 3.02. The van der Waals surface area contributed by atoms with E-state index in [0.29, 0.717) is 19.5 Å². The van der Waals surface area contributed by atoms with E-state index in [9.17, 15) is 4.79 Å². The molecule has 5 nitrogen and oxygen atoms in total. The molecule has 0 saturated carbocycles. The lowest BCUT2D eigenvalue weighted by molar-refractivity contribution is -0.138. The van der Waals surface area contributed by atoms with Crippen molar-refractivity contribution in [3.8, 4) is 6.07 Å². The van der Waals surface area contributed by atoms with Crippen LogP contribution in [0.4, 0.5) is 0 Å². The lowest BCUT2D eigenvalue weighted by Gasteiger charge is -2.43. The zero-order chi connectivity index (χ0) is 14.3. The normalized spacial score (nSPS) is 16.8. The average Bonchev–Trinajstić information content (AvgIpc) is 2.77. The maximum Gasteiger partial charge on any atom is 0.228 e. The van der Waals surface area contributed by atoms with E-state index in [2.05, 4.69) is 27.0 Å². The number of nitriles is 1. The van der Waals surface area contributed by atoms with Gasteiger partial charge >= 0.3 is 0 Å². The molecular formula is C14H13BrN4O. The molecule has 20 heavy (non-hydrogen) atoms. The van der Waals surface area contributed by atoms with E-state index in [1.54, 1.807) is 11.1 Å². The maximum atomic E-state index is 12.2. The Morgan fingerprint density at radius 3 is 3.00 bits per heavy atom. The molecule has 1 aliphatic heterocycles. The number of fused-ring (bicyclic) bond motifs is 1. The van der Waals surface area contributed by atoms with Crippen LogP contribution < -0.4 is 0 Å². The standard InChI is InChI=1S/C14H13BrN4O/c1-14(7-16)8-18(9-14)13(20)4-11-5-17-12-3-2-10(15)6-19(11)12/h2-3,5-6H,4,8-9H2,1H3. The number of hydrogen-bond acceptors (Lipinski definition) is 3. The zero-order valence-corrected chi connectivity index (χ0v) is 12.6. The number of likely N-dealkylation sites (tertiary alicyclic amines) is 1. The summed E-state index contributed by atoms with van der Waals surface area (Å²) in [6, 6.07) is 6.06. The van der Waals surface area contributed by atoms with Crippen molar-refractivity contribution in [2.24, 2.45) is 5.41 Å². The topological polar surface area (TPSA) is 61.4 Å². The first-order valence-electron chi connectivity index (χ1n) is 6.31. The molecule has 0 spiro atoms. The van der Waals surface area contributed by atoms with Crippen LogP contribution in [-0.2, 0) is 11.2 Å². The summed E-state index contributed by atoms with van der Waals surface area (Å²) in [7, 11) is 0. The molecule has 102 valence electrons. The van der Waals surface area contributed by atoms with Crippen molar-refractivity contribution in [2.45, 2.75) is 13.3 Å². The summed E-state index contributed by atoms with van der Waals surface area (Å²) in [6.45, 7) is 2.91. The fraction of sp³-hybridized carbons (Fsp3) is 0.357. The molecule has 0 atom stereocenters. The number of pyridine rings is 1. The predicted molar refractivity (Wildman–Crippen MR) is 76.9 cm³/mol. The zero-order valence-electron chi connectivity index (χ0n) is 11.0. The number of hydrogen-bond donors (Lipinski definition) is 0. The van der Waals surface area contributed by atoms with E-state index in [1.807, 2.05) is 29.7 Å². The van der Waals surface area contributed by atoms with Gasteiger partial charge < -0.3 is 9.30 Å². The highest BCUT2D eigenvalue weighted by molar-refractivity contribution is 9.10. The number of imidazole rings is 1. The summed E-state index contributed by atoms with van der Waals surface area (Å²) < 4.78 is 2.85. The quantitative estimate of drug-likeness (QED) is 0.845. The first-order valence-corrected chi connectivity index (χ1v) is 7.11. The fourth-order valence-electron chi connectivity index (χ4n) is 2.45. The molecule has 1 fully saturated rings. The summed E-state index contributed by atoms with van der Waals surface area (Å²) >= 11 is 3.42. The van der Waals surface area contributed by atoms with Crippen LogP contribution in [0.5, 0.6) is 0 Å². The first kappa shape index (κ1) is 13.1. The SMILES string of the molecule is CC1(C#N)CN(C(=O)Cc2cnc3ccc(Br)cn23)C1. The van der Waals surface area contributed by atoms with Gasteiger partial charge in [0.05, 0.1) is 23.6 Å². The van der Waals surface area contributed by atoms with Crippen LogP contribution in [0.3, 0.4) is 0 Å². The second kappa shape index (κ2) is 4.60. The van der Waals surface area contributed by atoms with Crippen LogP contribution in [0.2, 0.25) is 0 Å². The van der Waals surface area contributed by atoms with Gasteiger partial charge in [0.1, 0.15) is 5.65 Å². The summed E-state index contributed by atoms with van der Waals surface area (Å²) in [6.07, 6.45) is 3.93. The number of nitrogens with zero attached hydrogens (tertiary/aromatic N) is 4. The number of aromatic nitrogens is 2. The Bertz CT molecular complexity index is 724. The summed E-state index contributed by atoms with van der Waals surface area (Å²) in [5.74, 6) is 0.0412. The van der Waals surface area contributed by atoms with Gasteiger partial charge in [0, 0.05) is 30.0 Å². The lowest BCUT2D eigenvalue weighted by atomic mass is 9.83. The predicted octanol–water partition coefficient (Wildman–Crippen LogP) is 2.01. The first-order chi connectivity index (χ1) is 9.50. The maximum absolute atomic E-state index is 12.2. The van der Waals surface area contributed by atoms with Gasteiger partial charge in [-0.05, 0) is 35.0 Å². The number of amides is 1. The van der Waals surface area contributed by atoms with Gasteiger partial charge in [0.2, 0.25) is 5.91 Å². The number of carbonyl (C=O) groups is 1. The molecule has 0 aliphatic carbocycles. The number of halogens is 1. The van der Waals surface area contributed by atoms with Crippen molar-refractivity contribution < 1.29 is 4.79 Å². The largest absolute Gasteiger partial charge is 0.339 e. The number of carbonyl (C=O) groups excluding carboxylic acids is 1. The van der Waals surface area contributed by atoms with Gasteiger partial charge in [-0.1, -0.05) is 0 Å². The molecule has 0 radical (unpaired) electrons. The van der Waals surface area contributed by atoms with Crippen LogP contribution in [0.1, 0.15) is 12.6 Å². The Labute approximate surface area is 124 Å². The second-order valence-corrected chi connectivity index (χ2v) is 6.34. The third-order valence-corrected chi connectivity index (χ3v) is 4.05. The van der Waals surface area contributed by atoms with E-state index >= 15 is 0 Å². The molecule has 2 aromatic heterocycles. The van der Waals surface area contributed by atoms with Crippen molar-refractivity contribution in [3.63, 3.8) is 0 Å². The summed E-state index contributed by atoms with van der Waals surface area (Å²) in [4.78, 5) is 18.2. The minimum absolute atomic E-state index is 0.0412. The molecular weight excluding hydrogens is 320 g/mol. The van der Waals surface area contributed by atoms with Gasteiger partial charge in [-0.3, -0.25) is 4.79 Å².